The van der Waals surface area contributed by atoms with Gasteiger partial charge in [-0.1, -0.05) is 34.6 Å². The van der Waals surface area contributed by atoms with Gasteiger partial charge in [-0.2, -0.15) is 0 Å². The van der Waals surface area contributed by atoms with Crippen molar-refractivity contribution in [1.82, 2.24) is 24.5 Å². The minimum absolute atomic E-state index is 0.177. The number of hydrogen-bond donors (Lipinski definition) is 2. The number of nitrogens with zero attached hydrogens (tertiary/aromatic N) is 5. The van der Waals surface area contributed by atoms with Crippen LogP contribution in [0.25, 0.3) is 22.6 Å². The van der Waals surface area contributed by atoms with Crippen LogP contribution in [-0.4, -0.2) is 31.6 Å². The zero-order valence-corrected chi connectivity index (χ0v) is 18.8. The lowest BCUT2D eigenvalue weighted by Gasteiger charge is -2.19. The first-order chi connectivity index (χ1) is 14.0. The molecule has 3 heterocycles. The van der Waals surface area contributed by atoms with Gasteiger partial charge in [0.25, 0.3) is 0 Å². The normalized spacial score (nSPS) is 11.9. The lowest BCUT2D eigenvalue weighted by Crippen LogP contribution is -2.18. The fourth-order valence-corrected chi connectivity index (χ4v) is 3.60. The Morgan fingerprint density at radius 1 is 1.07 bits per heavy atom. The zero-order chi connectivity index (χ0) is 22.2. The van der Waals surface area contributed by atoms with Gasteiger partial charge in [0.15, 0.2) is 11.6 Å². The third kappa shape index (κ3) is 4.08. The fourth-order valence-electron chi connectivity index (χ4n) is 3.60. The molecule has 0 saturated carbocycles. The molecule has 0 atom stereocenters. The molecule has 0 aliphatic rings. The highest BCUT2D eigenvalue weighted by Crippen LogP contribution is 2.38. The molecule has 0 bridgehead atoms. The van der Waals surface area contributed by atoms with Gasteiger partial charge in [-0.15, -0.1) is 0 Å². The zero-order valence-electron chi connectivity index (χ0n) is 18.8. The van der Waals surface area contributed by atoms with E-state index in [9.17, 15) is 0 Å². The molecule has 8 heteroatoms. The van der Waals surface area contributed by atoms with Crippen LogP contribution < -0.4 is 16.2 Å². The summed E-state index contributed by atoms with van der Waals surface area (Å²) in [6.07, 6.45) is 4.35. The highest BCUT2D eigenvalue weighted by Gasteiger charge is 2.28. The maximum absolute atomic E-state index is 5.99. The van der Waals surface area contributed by atoms with Gasteiger partial charge in [-0.3, -0.25) is 0 Å². The molecule has 160 valence electrons. The van der Waals surface area contributed by atoms with E-state index in [2.05, 4.69) is 54.1 Å². The van der Waals surface area contributed by atoms with E-state index >= 15 is 0 Å². The van der Waals surface area contributed by atoms with Gasteiger partial charge in [0.2, 0.25) is 5.95 Å². The quantitative estimate of drug-likeness (QED) is 0.661. The lowest BCUT2D eigenvalue weighted by atomic mass is 9.95. The van der Waals surface area contributed by atoms with Crippen molar-refractivity contribution in [3.63, 3.8) is 0 Å². The second-order valence-corrected chi connectivity index (χ2v) is 8.95. The number of rotatable bonds is 5. The Hall–Kier alpha value is -3.16. The standard InChI is InChI=1S/C22H31N7O/c1-12(2)8-13-11-26-21(24)28-17(13)18-16(27-20(29(18)6)22(3,4)5)14-9-15(30-7)19(23)25-10-14/h9-12H,8H2,1-7H3,(H2,23,25)(H2,24,26,28). The molecule has 0 unspecified atom stereocenters. The van der Waals surface area contributed by atoms with E-state index < -0.39 is 0 Å². The average Bonchev–Trinajstić information content (AvgIpc) is 3.00. The van der Waals surface area contributed by atoms with E-state index in [1.165, 1.54) is 0 Å². The number of imidazole rings is 1. The number of anilines is 2. The van der Waals surface area contributed by atoms with Crippen molar-refractivity contribution in [1.29, 1.82) is 0 Å². The van der Waals surface area contributed by atoms with E-state index in [-0.39, 0.29) is 11.4 Å². The summed E-state index contributed by atoms with van der Waals surface area (Å²) in [5.41, 5.74) is 16.0. The molecule has 8 nitrogen and oxygen atoms in total. The Kier molecular flexibility index (Phi) is 5.70. The molecule has 4 N–H and O–H groups in total. The van der Waals surface area contributed by atoms with Gasteiger partial charge < -0.3 is 20.8 Å². The molecule has 0 spiro atoms. The number of nitrogens with two attached hydrogens (primary N) is 2. The summed E-state index contributed by atoms with van der Waals surface area (Å²) in [5.74, 6) is 2.44. The van der Waals surface area contributed by atoms with Crippen LogP contribution in [0.1, 0.15) is 46.0 Å². The summed E-state index contributed by atoms with van der Waals surface area (Å²) in [5, 5.41) is 0. The maximum Gasteiger partial charge on any atom is 0.220 e. The monoisotopic (exact) mass is 409 g/mol. The third-order valence-corrected chi connectivity index (χ3v) is 4.88. The molecular weight excluding hydrogens is 378 g/mol. The van der Waals surface area contributed by atoms with Crippen molar-refractivity contribution in [2.24, 2.45) is 13.0 Å². The number of methoxy groups -OCH3 is 1. The molecular formula is C22H31N7O. The molecule has 0 aromatic carbocycles. The summed E-state index contributed by atoms with van der Waals surface area (Å²) in [6, 6.07) is 1.85. The van der Waals surface area contributed by atoms with Crippen LogP contribution in [0.15, 0.2) is 18.5 Å². The van der Waals surface area contributed by atoms with Gasteiger partial charge >= 0.3 is 0 Å². The van der Waals surface area contributed by atoms with Crippen LogP contribution in [0, 0.1) is 5.92 Å². The summed E-state index contributed by atoms with van der Waals surface area (Å²) < 4.78 is 7.47. The molecule has 3 aromatic heterocycles. The Labute approximate surface area is 177 Å². The molecule has 3 rings (SSSR count). The molecule has 0 amide bonds. The first kappa shape index (κ1) is 21.5. The second kappa shape index (κ2) is 7.93. The van der Waals surface area contributed by atoms with E-state index in [1.54, 1.807) is 13.3 Å². The molecule has 0 fully saturated rings. The minimum Gasteiger partial charge on any atom is -0.493 e. The summed E-state index contributed by atoms with van der Waals surface area (Å²) >= 11 is 0. The predicted molar refractivity (Wildman–Crippen MR) is 120 cm³/mol. The van der Waals surface area contributed by atoms with Crippen molar-refractivity contribution in [2.75, 3.05) is 18.6 Å². The Morgan fingerprint density at radius 3 is 2.37 bits per heavy atom. The van der Waals surface area contributed by atoms with Crippen LogP contribution in [0.3, 0.4) is 0 Å². The minimum atomic E-state index is -0.177. The van der Waals surface area contributed by atoms with Crippen molar-refractivity contribution in [3.05, 3.63) is 29.8 Å². The molecule has 0 radical (unpaired) electrons. The SMILES string of the molecule is COc1cc(-c2nc(C(C)(C)C)n(C)c2-c2nc(N)ncc2CC(C)C)cnc1N. The molecule has 0 aliphatic carbocycles. The summed E-state index contributed by atoms with van der Waals surface area (Å²) in [7, 11) is 3.58. The number of hydrogen-bond acceptors (Lipinski definition) is 7. The molecule has 0 saturated heterocycles. The van der Waals surface area contributed by atoms with Crippen molar-refractivity contribution in [2.45, 2.75) is 46.5 Å². The maximum atomic E-state index is 5.99. The van der Waals surface area contributed by atoms with Crippen LogP contribution in [-0.2, 0) is 18.9 Å². The van der Waals surface area contributed by atoms with E-state index in [0.717, 1.165) is 40.5 Å². The molecule has 3 aromatic rings. The topological polar surface area (TPSA) is 118 Å². The smallest absolute Gasteiger partial charge is 0.220 e. The van der Waals surface area contributed by atoms with Crippen molar-refractivity contribution in [3.8, 4) is 28.4 Å². The Morgan fingerprint density at radius 2 is 1.77 bits per heavy atom. The van der Waals surface area contributed by atoms with Gasteiger partial charge in [0, 0.05) is 30.4 Å². The highest BCUT2D eigenvalue weighted by molar-refractivity contribution is 5.80. The second-order valence-electron chi connectivity index (χ2n) is 8.95. The predicted octanol–water partition coefficient (Wildman–Crippen LogP) is 3.61. The first-order valence-electron chi connectivity index (χ1n) is 10.0. The first-order valence-corrected chi connectivity index (χ1v) is 10.0. The van der Waals surface area contributed by atoms with Gasteiger partial charge in [0.1, 0.15) is 5.82 Å². The van der Waals surface area contributed by atoms with Crippen LogP contribution in [0.5, 0.6) is 5.75 Å². The fraction of sp³-hybridized carbons (Fsp3) is 0.455. The number of aromatic nitrogens is 5. The van der Waals surface area contributed by atoms with Gasteiger partial charge in [-0.25, -0.2) is 19.9 Å². The average molecular weight is 410 g/mol. The number of ether oxygens (including phenoxy) is 1. The third-order valence-electron chi connectivity index (χ3n) is 4.88. The van der Waals surface area contributed by atoms with Crippen molar-refractivity contribution < 1.29 is 4.74 Å². The Balaban J connectivity index is 2.35. The highest BCUT2D eigenvalue weighted by atomic mass is 16.5. The van der Waals surface area contributed by atoms with E-state index in [4.69, 9.17) is 21.2 Å². The largest absolute Gasteiger partial charge is 0.493 e. The Bertz CT molecular complexity index is 1060. The molecule has 0 aliphatic heterocycles. The van der Waals surface area contributed by atoms with Crippen LogP contribution in [0.4, 0.5) is 11.8 Å². The van der Waals surface area contributed by atoms with Crippen LogP contribution in [0.2, 0.25) is 0 Å². The van der Waals surface area contributed by atoms with E-state index in [1.807, 2.05) is 19.3 Å². The number of pyridine rings is 1. The van der Waals surface area contributed by atoms with E-state index in [0.29, 0.717) is 17.5 Å². The number of nitrogen functional groups attached to an aromatic ring is 2. The summed E-state index contributed by atoms with van der Waals surface area (Å²) in [6.45, 7) is 10.7. The van der Waals surface area contributed by atoms with Gasteiger partial charge in [-0.05, 0) is 24.0 Å². The van der Waals surface area contributed by atoms with Gasteiger partial charge in [0.05, 0.1) is 24.2 Å². The van der Waals surface area contributed by atoms with Crippen molar-refractivity contribution >= 4 is 11.8 Å². The molecule has 30 heavy (non-hydrogen) atoms. The lowest BCUT2D eigenvalue weighted by molar-refractivity contribution is 0.415. The van der Waals surface area contributed by atoms with Crippen LogP contribution >= 0.6 is 0 Å². The summed E-state index contributed by atoms with van der Waals surface area (Å²) in [4.78, 5) is 18.2.